The van der Waals surface area contributed by atoms with Gasteiger partial charge in [0.25, 0.3) is 11.8 Å². The summed E-state index contributed by atoms with van der Waals surface area (Å²) in [6, 6.07) is 18.9. The summed E-state index contributed by atoms with van der Waals surface area (Å²) in [6.45, 7) is 1.29. The second kappa shape index (κ2) is 8.71. The molecule has 0 aliphatic carbocycles. The van der Waals surface area contributed by atoms with Gasteiger partial charge in [0.1, 0.15) is 11.5 Å². The van der Waals surface area contributed by atoms with Crippen LogP contribution < -0.4 is 15.4 Å². The molecule has 3 aromatic carbocycles. The molecule has 0 saturated carbocycles. The van der Waals surface area contributed by atoms with Crippen molar-refractivity contribution in [2.75, 3.05) is 10.6 Å². The van der Waals surface area contributed by atoms with Crippen LogP contribution in [-0.2, 0) is 4.79 Å². The Kier molecular flexibility index (Phi) is 5.89. The average Bonchev–Trinajstić information content (AvgIpc) is 2.69. The van der Waals surface area contributed by atoms with Gasteiger partial charge in [-0.05, 0) is 60.7 Å². The van der Waals surface area contributed by atoms with Crippen molar-refractivity contribution in [3.05, 3.63) is 83.9 Å². The summed E-state index contributed by atoms with van der Waals surface area (Å²) >= 11 is 0. The monoisotopic (exact) mass is 390 g/mol. The fourth-order valence-corrected chi connectivity index (χ4v) is 2.56. The molecule has 146 valence electrons. The lowest BCUT2D eigenvalue weighted by molar-refractivity contribution is -0.131. The number of nitrogens with one attached hydrogen (secondary N) is 2. The summed E-state index contributed by atoms with van der Waals surface area (Å²) in [6.07, 6.45) is 0. The smallest absolute Gasteiger partial charge is 0.308 e. The molecule has 3 N–H and O–H groups in total. The van der Waals surface area contributed by atoms with Crippen molar-refractivity contribution in [3.8, 4) is 11.5 Å². The van der Waals surface area contributed by atoms with Crippen LogP contribution in [0, 0.1) is 0 Å². The van der Waals surface area contributed by atoms with Gasteiger partial charge in [-0.2, -0.15) is 0 Å². The zero-order chi connectivity index (χ0) is 20.8. The molecule has 0 bridgehead atoms. The molecule has 0 radical (unpaired) electrons. The SMILES string of the molecule is CC(=O)Oc1cccc(C(=O)Nc2ccc(NC(=O)c3cccc(O)c3)cc2)c1. The van der Waals surface area contributed by atoms with Gasteiger partial charge in [0, 0.05) is 29.4 Å². The molecule has 0 saturated heterocycles. The molecule has 7 nitrogen and oxygen atoms in total. The van der Waals surface area contributed by atoms with Gasteiger partial charge in [-0.1, -0.05) is 12.1 Å². The van der Waals surface area contributed by atoms with Gasteiger partial charge in [-0.25, -0.2) is 0 Å². The molecule has 0 aromatic heterocycles. The van der Waals surface area contributed by atoms with Crippen molar-refractivity contribution < 1.29 is 24.2 Å². The lowest BCUT2D eigenvalue weighted by atomic mass is 10.2. The number of amides is 2. The third-order valence-electron chi connectivity index (χ3n) is 3.87. The Labute approximate surface area is 166 Å². The van der Waals surface area contributed by atoms with Gasteiger partial charge < -0.3 is 20.5 Å². The van der Waals surface area contributed by atoms with E-state index < -0.39 is 5.97 Å². The van der Waals surface area contributed by atoms with Crippen molar-refractivity contribution in [2.24, 2.45) is 0 Å². The van der Waals surface area contributed by atoms with E-state index in [0.29, 0.717) is 22.5 Å². The van der Waals surface area contributed by atoms with Gasteiger partial charge >= 0.3 is 5.97 Å². The van der Waals surface area contributed by atoms with Crippen LogP contribution in [0.2, 0.25) is 0 Å². The molecule has 3 rings (SSSR count). The fraction of sp³-hybridized carbons (Fsp3) is 0.0455. The van der Waals surface area contributed by atoms with Gasteiger partial charge in [-0.15, -0.1) is 0 Å². The number of aromatic hydroxyl groups is 1. The van der Waals surface area contributed by atoms with E-state index in [0.717, 1.165) is 0 Å². The first kappa shape index (κ1) is 19.6. The molecule has 0 aliphatic heterocycles. The van der Waals surface area contributed by atoms with Crippen molar-refractivity contribution in [1.29, 1.82) is 0 Å². The Balaban J connectivity index is 1.64. The van der Waals surface area contributed by atoms with Crippen LogP contribution in [0.4, 0.5) is 11.4 Å². The fourth-order valence-electron chi connectivity index (χ4n) is 2.56. The number of hydrogen-bond acceptors (Lipinski definition) is 5. The van der Waals surface area contributed by atoms with Crippen LogP contribution in [0.25, 0.3) is 0 Å². The molecule has 7 heteroatoms. The summed E-state index contributed by atoms with van der Waals surface area (Å²) in [5.41, 5.74) is 1.73. The van der Waals surface area contributed by atoms with E-state index in [1.807, 2.05) is 0 Å². The van der Waals surface area contributed by atoms with Crippen LogP contribution in [0.3, 0.4) is 0 Å². The van der Waals surface area contributed by atoms with Gasteiger partial charge in [0.15, 0.2) is 0 Å². The molecule has 2 amide bonds. The maximum absolute atomic E-state index is 12.4. The highest BCUT2D eigenvalue weighted by Gasteiger charge is 2.10. The molecule has 0 spiro atoms. The van der Waals surface area contributed by atoms with Crippen LogP contribution in [0.5, 0.6) is 11.5 Å². The van der Waals surface area contributed by atoms with E-state index in [4.69, 9.17) is 4.74 Å². The first-order valence-electron chi connectivity index (χ1n) is 8.71. The van der Waals surface area contributed by atoms with E-state index >= 15 is 0 Å². The van der Waals surface area contributed by atoms with E-state index in [9.17, 15) is 19.5 Å². The average molecular weight is 390 g/mol. The molecule has 0 aliphatic rings. The molecule has 0 heterocycles. The van der Waals surface area contributed by atoms with Crippen LogP contribution >= 0.6 is 0 Å². The third kappa shape index (κ3) is 5.43. The number of carbonyl (C=O) groups is 3. The molecule has 29 heavy (non-hydrogen) atoms. The normalized spacial score (nSPS) is 10.1. The summed E-state index contributed by atoms with van der Waals surface area (Å²) < 4.78 is 4.98. The summed E-state index contributed by atoms with van der Waals surface area (Å²) in [5, 5.41) is 14.9. The number of hydrogen-bond donors (Lipinski definition) is 3. The zero-order valence-corrected chi connectivity index (χ0v) is 15.5. The van der Waals surface area contributed by atoms with E-state index in [-0.39, 0.29) is 23.3 Å². The van der Waals surface area contributed by atoms with Crippen molar-refractivity contribution >= 4 is 29.2 Å². The first-order valence-corrected chi connectivity index (χ1v) is 8.71. The highest BCUT2D eigenvalue weighted by molar-refractivity contribution is 6.06. The van der Waals surface area contributed by atoms with Crippen LogP contribution in [0.1, 0.15) is 27.6 Å². The first-order chi connectivity index (χ1) is 13.9. The Hall–Kier alpha value is -4.13. The summed E-state index contributed by atoms with van der Waals surface area (Å²) in [7, 11) is 0. The van der Waals surface area contributed by atoms with Crippen molar-refractivity contribution in [2.45, 2.75) is 6.92 Å². The van der Waals surface area contributed by atoms with Crippen molar-refractivity contribution in [3.63, 3.8) is 0 Å². The number of carbonyl (C=O) groups excluding carboxylic acids is 3. The second-order valence-corrected chi connectivity index (χ2v) is 6.16. The number of ether oxygens (including phenoxy) is 1. The third-order valence-corrected chi connectivity index (χ3v) is 3.87. The minimum atomic E-state index is -0.467. The molecule has 0 unspecified atom stereocenters. The number of phenols is 1. The molecular formula is C22H18N2O5. The van der Waals surface area contributed by atoms with E-state index in [1.165, 1.54) is 25.1 Å². The topological polar surface area (TPSA) is 105 Å². The van der Waals surface area contributed by atoms with Gasteiger partial charge in [0.05, 0.1) is 0 Å². The Morgan fingerprint density at radius 1 is 0.759 bits per heavy atom. The lowest BCUT2D eigenvalue weighted by Crippen LogP contribution is -2.13. The standard InChI is InChI=1S/C22H18N2O5/c1-14(25)29-20-7-3-5-16(13-20)22(28)24-18-10-8-17(9-11-18)23-21(27)15-4-2-6-19(26)12-15/h2-13,26H,1H3,(H,23,27)(H,24,28). The molecule has 0 atom stereocenters. The maximum atomic E-state index is 12.4. The summed E-state index contributed by atoms with van der Waals surface area (Å²) in [5.74, 6) is -0.898. The minimum absolute atomic E-state index is 0.00785. The van der Waals surface area contributed by atoms with Gasteiger partial charge in [-0.3, -0.25) is 14.4 Å². The number of benzene rings is 3. The number of esters is 1. The Morgan fingerprint density at radius 2 is 1.28 bits per heavy atom. The molecule has 0 fully saturated rings. The van der Waals surface area contributed by atoms with E-state index in [2.05, 4.69) is 10.6 Å². The number of anilines is 2. The van der Waals surface area contributed by atoms with Crippen LogP contribution in [0.15, 0.2) is 72.8 Å². The highest BCUT2D eigenvalue weighted by Crippen LogP contribution is 2.18. The second-order valence-electron chi connectivity index (χ2n) is 6.16. The van der Waals surface area contributed by atoms with Gasteiger partial charge in [0.2, 0.25) is 0 Å². The minimum Gasteiger partial charge on any atom is -0.508 e. The van der Waals surface area contributed by atoms with Crippen molar-refractivity contribution in [1.82, 2.24) is 0 Å². The zero-order valence-electron chi connectivity index (χ0n) is 15.5. The Morgan fingerprint density at radius 3 is 1.79 bits per heavy atom. The highest BCUT2D eigenvalue weighted by atomic mass is 16.5. The quantitative estimate of drug-likeness (QED) is 0.454. The van der Waals surface area contributed by atoms with Crippen LogP contribution in [-0.4, -0.2) is 22.9 Å². The molecule has 3 aromatic rings. The summed E-state index contributed by atoms with van der Waals surface area (Å²) in [4.78, 5) is 35.6. The lowest BCUT2D eigenvalue weighted by Gasteiger charge is -2.09. The number of rotatable bonds is 5. The largest absolute Gasteiger partial charge is 0.508 e. The van der Waals surface area contributed by atoms with E-state index in [1.54, 1.807) is 54.6 Å². The molecular weight excluding hydrogens is 372 g/mol. The number of phenolic OH excluding ortho intramolecular Hbond substituents is 1. The predicted molar refractivity (Wildman–Crippen MR) is 108 cm³/mol. The Bertz CT molecular complexity index is 1060. The predicted octanol–water partition coefficient (Wildman–Crippen LogP) is 3.82. The maximum Gasteiger partial charge on any atom is 0.308 e.